The number of piperidine rings is 1. The molecule has 1 fully saturated rings. The van der Waals surface area contributed by atoms with E-state index in [1.54, 1.807) is 12.1 Å². The predicted octanol–water partition coefficient (Wildman–Crippen LogP) is 6.47. The van der Waals surface area contributed by atoms with Crippen LogP contribution in [0.15, 0.2) is 48.5 Å². The minimum Gasteiger partial charge on any atom is -0.493 e. The molecule has 3 aromatic rings. The lowest BCUT2D eigenvalue weighted by atomic mass is 9.81. The summed E-state index contributed by atoms with van der Waals surface area (Å²) in [6.07, 6.45) is 1.36. The molecule has 1 aromatic heterocycles. The molecule has 2 aromatic carbocycles. The monoisotopic (exact) mass is 621 g/mol. The first kappa shape index (κ1) is 34.3. The van der Waals surface area contributed by atoms with Gasteiger partial charge in [0.2, 0.25) is 0 Å². The number of ether oxygens (including phenoxy) is 2. The van der Waals surface area contributed by atoms with Crippen molar-refractivity contribution in [3.63, 3.8) is 0 Å². The maximum absolute atomic E-state index is 13.3. The minimum absolute atomic E-state index is 0.00900. The number of halogens is 1. The summed E-state index contributed by atoms with van der Waals surface area (Å²) >= 11 is 0. The molecule has 1 saturated heterocycles. The Morgan fingerprint density at radius 3 is 2.31 bits per heavy atom. The van der Waals surface area contributed by atoms with E-state index >= 15 is 0 Å². The van der Waals surface area contributed by atoms with Crippen molar-refractivity contribution in [1.82, 2.24) is 10.3 Å². The van der Waals surface area contributed by atoms with Gasteiger partial charge >= 0.3 is 5.97 Å². The van der Waals surface area contributed by atoms with Crippen LogP contribution < -0.4 is 15.0 Å². The Labute approximate surface area is 266 Å². The first-order chi connectivity index (χ1) is 21.3. The number of carboxylic acid groups (broad SMARTS) is 1. The molecule has 1 unspecified atom stereocenters. The number of pyridine rings is 1. The number of aliphatic hydroxyl groups excluding tert-OH is 1. The summed E-state index contributed by atoms with van der Waals surface area (Å²) in [7, 11) is 0. The van der Waals surface area contributed by atoms with Crippen LogP contribution in [0.1, 0.15) is 76.1 Å². The average Bonchev–Trinajstić information content (AvgIpc) is 2.97. The summed E-state index contributed by atoms with van der Waals surface area (Å²) in [6.45, 7) is 14.7. The number of carboxylic acids is 1. The fourth-order valence-electron chi connectivity index (χ4n) is 5.70. The first-order valence-corrected chi connectivity index (χ1v) is 15.8. The summed E-state index contributed by atoms with van der Waals surface area (Å²) in [5, 5.41) is 23.2. The van der Waals surface area contributed by atoms with E-state index in [1.807, 2.05) is 52.0 Å². The highest BCUT2D eigenvalue weighted by molar-refractivity contribution is 5.88. The summed E-state index contributed by atoms with van der Waals surface area (Å²) < 4.78 is 25.5. The van der Waals surface area contributed by atoms with E-state index in [-0.39, 0.29) is 17.8 Å². The van der Waals surface area contributed by atoms with Crippen molar-refractivity contribution in [2.75, 3.05) is 37.7 Å². The van der Waals surface area contributed by atoms with Crippen LogP contribution in [0.25, 0.3) is 11.1 Å². The molecule has 1 aliphatic heterocycles. The Kier molecular flexibility index (Phi) is 11.2. The molecule has 9 heteroatoms. The molecule has 244 valence electrons. The van der Waals surface area contributed by atoms with Gasteiger partial charge in [-0.25, -0.2) is 9.18 Å². The van der Waals surface area contributed by atoms with Crippen LogP contribution in [0.2, 0.25) is 0 Å². The van der Waals surface area contributed by atoms with Gasteiger partial charge in [-0.2, -0.15) is 0 Å². The zero-order valence-corrected chi connectivity index (χ0v) is 27.5. The SMILES string of the molecule is Cc1nc(CNCCO)c(-c2ccc(OCCc3ccc(F)cc3)cc2)c(N2CCC(C)(C)CC2)c1C(OC(C)(C)C)C(=O)O. The Bertz CT molecular complexity index is 1430. The molecule has 8 nitrogen and oxygen atoms in total. The lowest BCUT2D eigenvalue weighted by molar-refractivity contribution is -0.160. The molecule has 3 N–H and O–H groups in total. The second-order valence-electron chi connectivity index (χ2n) is 13.5. The van der Waals surface area contributed by atoms with E-state index < -0.39 is 17.7 Å². The van der Waals surface area contributed by atoms with Gasteiger partial charge in [0.15, 0.2) is 6.10 Å². The molecule has 4 rings (SSSR count). The minimum atomic E-state index is -1.21. The van der Waals surface area contributed by atoms with E-state index in [0.29, 0.717) is 43.1 Å². The fraction of sp³-hybridized carbons (Fsp3) is 0.500. The highest BCUT2D eigenvalue weighted by atomic mass is 19.1. The van der Waals surface area contributed by atoms with Crippen LogP contribution in [0, 0.1) is 18.2 Å². The number of aromatic nitrogens is 1. The van der Waals surface area contributed by atoms with Crippen LogP contribution in [-0.2, 0) is 22.5 Å². The third-order valence-electron chi connectivity index (χ3n) is 8.16. The molecule has 0 spiro atoms. The van der Waals surface area contributed by atoms with Crippen molar-refractivity contribution in [3.05, 3.63) is 76.9 Å². The number of nitrogens with one attached hydrogen (secondary N) is 1. The second kappa shape index (κ2) is 14.7. The van der Waals surface area contributed by atoms with Crippen molar-refractivity contribution in [3.8, 4) is 16.9 Å². The van der Waals surface area contributed by atoms with Gasteiger partial charge in [-0.05, 0) is 81.3 Å². The van der Waals surface area contributed by atoms with E-state index in [4.69, 9.17) is 14.5 Å². The highest BCUT2D eigenvalue weighted by Gasteiger charge is 2.37. The Balaban J connectivity index is 1.79. The number of aryl methyl sites for hydroxylation is 1. The molecule has 1 aliphatic rings. The number of hydrogen-bond acceptors (Lipinski definition) is 7. The summed E-state index contributed by atoms with van der Waals surface area (Å²) in [6, 6.07) is 14.2. The lowest BCUT2D eigenvalue weighted by Gasteiger charge is -2.41. The molecule has 0 radical (unpaired) electrons. The normalized spacial score (nSPS) is 15.6. The smallest absolute Gasteiger partial charge is 0.337 e. The Hall–Kier alpha value is -3.53. The lowest BCUT2D eigenvalue weighted by Crippen LogP contribution is -2.39. The van der Waals surface area contributed by atoms with E-state index in [9.17, 15) is 19.4 Å². The Morgan fingerprint density at radius 2 is 1.73 bits per heavy atom. The molecular weight excluding hydrogens is 573 g/mol. The molecular formula is C36H48FN3O5. The number of benzene rings is 2. The largest absolute Gasteiger partial charge is 0.493 e. The van der Waals surface area contributed by atoms with Crippen molar-refractivity contribution >= 4 is 11.7 Å². The van der Waals surface area contributed by atoms with Gasteiger partial charge in [-0.3, -0.25) is 4.98 Å². The molecule has 45 heavy (non-hydrogen) atoms. The van der Waals surface area contributed by atoms with Crippen molar-refractivity contribution < 1.29 is 28.9 Å². The third kappa shape index (κ3) is 9.25. The number of anilines is 1. The molecule has 0 amide bonds. The number of hydrogen-bond donors (Lipinski definition) is 3. The van der Waals surface area contributed by atoms with Crippen LogP contribution in [-0.4, -0.2) is 59.6 Å². The van der Waals surface area contributed by atoms with Gasteiger partial charge in [0.05, 0.1) is 30.2 Å². The van der Waals surface area contributed by atoms with Crippen LogP contribution in [0.3, 0.4) is 0 Å². The van der Waals surface area contributed by atoms with E-state index in [0.717, 1.165) is 54.0 Å². The van der Waals surface area contributed by atoms with Crippen LogP contribution in [0.5, 0.6) is 5.75 Å². The van der Waals surface area contributed by atoms with Crippen molar-refractivity contribution in [1.29, 1.82) is 0 Å². The molecule has 0 saturated carbocycles. The predicted molar refractivity (Wildman–Crippen MR) is 175 cm³/mol. The average molecular weight is 622 g/mol. The number of nitrogens with zero attached hydrogens (tertiary/aromatic N) is 2. The summed E-state index contributed by atoms with van der Waals surface area (Å²) in [5.74, 6) is -0.625. The molecule has 0 aliphatic carbocycles. The van der Waals surface area contributed by atoms with Gasteiger partial charge in [0, 0.05) is 49.4 Å². The van der Waals surface area contributed by atoms with Gasteiger partial charge in [-0.15, -0.1) is 0 Å². The molecule has 1 atom stereocenters. The van der Waals surface area contributed by atoms with E-state index in [1.165, 1.54) is 12.1 Å². The topological polar surface area (TPSA) is 104 Å². The third-order valence-corrected chi connectivity index (χ3v) is 8.16. The number of aliphatic hydroxyl groups is 1. The first-order valence-electron chi connectivity index (χ1n) is 15.8. The maximum Gasteiger partial charge on any atom is 0.337 e. The van der Waals surface area contributed by atoms with Gasteiger partial charge in [0.25, 0.3) is 0 Å². The van der Waals surface area contributed by atoms with Crippen LogP contribution >= 0.6 is 0 Å². The number of carbonyl (C=O) groups is 1. The van der Waals surface area contributed by atoms with Crippen LogP contribution in [0.4, 0.5) is 10.1 Å². The standard InChI is InChI=1S/C36H48FN3O5/c1-24-30(33(34(42)43)45-35(2,3)4)32(40-19-16-36(5,6)17-20-40)31(29(39-24)23-38-18-21-41)26-9-13-28(14-10-26)44-22-15-25-7-11-27(37)12-8-25/h7-14,33,38,41H,15-23H2,1-6H3,(H,42,43). The van der Waals surface area contributed by atoms with Crippen molar-refractivity contribution in [2.24, 2.45) is 5.41 Å². The zero-order valence-electron chi connectivity index (χ0n) is 27.5. The van der Waals surface area contributed by atoms with Gasteiger partial charge < -0.3 is 29.9 Å². The second-order valence-corrected chi connectivity index (χ2v) is 13.5. The number of aliphatic carboxylic acids is 1. The van der Waals surface area contributed by atoms with Gasteiger partial charge in [0.1, 0.15) is 11.6 Å². The summed E-state index contributed by atoms with van der Waals surface area (Å²) in [5.41, 5.74) is 4.99. The summed E-state index contributed by atoms with van der Waals surface area (Å²) in [4.78, 5) is 20.1. The molecule has 0 bridgehead atoms. The maximum atomic E-state index is 13.3. The zero-order chi connectivity index (χ0) is 32.8. The fourth-order valence-corrected chi connectivity index (χ4v) is 5.70. The quantitative estimate of drug-likeness (QED) is 0.187. The Morgan fingerprint density at radius 1 is 1.09 bits per heavy atom. The van der Waals surface area contributed by atoms with Crippen molar-refractivity contribution in [2.45, 2.75) is 79.1 Å². The molecule has 2 heterocycles. The number of rotatable bonds is 13. The van der Waals surface area contributed by atoms with E-state index in [2.05, 4.69) is 24.1 Å². The van der Waals surface area contributed by atoms with Gasteiger partial charge in [-0.1, -0.05) is 38.1 Å². The highest BCUT2D eigenvalue weighted by Crippen LogP contribution is 2.45.